The maximum absolute atomic E-state index is 12.1. The molecule has 0 spiro atoms. The lowest BCUT2D eigenvalue weighted by Crippen LogP contribution is -2.20. The van der Waals surface area contributed by atoms with Crippen LogP contribution in [0, 0.1) is 6.92 Å². The average Bonchev–Trinajstić information content (AvgIpc) is 3.13. The van der Waals surface area contributed by atoms with Crippen LogP contribution in [-0.4, -0.2) is 27.5 Å². The highest BCUT2D eigenvalue weighted by Gasteiger charge is 2.10. The van der Waals surface area contributed by atoms with Crippen LogP contribution < -0.4 is 10.1 Å². The Balaban J connectivity index is 1.46. The van der Waals surface area contributed by atoms with E-state index in [2.05, 4.69) is 20.3 Å². The monoisotopic (exact) mass is 376 g/mol. The van der Waals surface area contributed by atoms with E-state index in [-0.39, 0.29) is 12.5 Å². The number of rotatable bonds is 5. The Labute approximate surface area is 159 Å². The number of nitrogens with one attached hydrogen (secondary N) is 1. The number of aromatic nitrogens is 3. The Morgan fingerprint density at radius 2 is 2.07 bits per heavy atom. The summed E-state index contributed by atoms with van der Waals surface area (Å²) < 4.78 is 5.42. The van der Waals surface area contributed by atoms with Gasteiger partial charge in [0.1, 0.15) is 21.1 Å². The molecule has 3 aromatic heterocycles. The minimum atomic E-state index is -0.223. The van der Waals surface area contributed by atoms with Crippen LogP contribution in [0.3, 0.4) is 0 Å². The third kappa shape index (κ3) is 3.93. The molecule has 0 aliphatic rings. The normalized spacial score (nSPS) is 10.7. The number of amides is 1. The summed E-state index contributed by atoms with van der Waals surface area (Å²) >= 11 is 1.55. The summed E-state index contributed by atoms with van der Waals surface area (Å²) in [6, 6.07) is 13.2. The van der Waals surface area contributed by atoms with Crippen LogP contribution in [0.2, 0.25) is 0 Å². The van der Waals surface area contributed by atoms with Crippen LogP contribution in [0.25, 0.3) is 20.9 Å². The van der Waals surface area contributed by atoms with E-state index in [9.17, 15) is 4.79 Å². The van der Waals surface area contributed by atoms with Gasteiger partial charge in [-0.25, -0.2) is 9.97 Å². The smallest absolute Gasteiger partial charge is 0.262 e. The van der Waals surface area contributed by atoms with Gasteiger partial charge in [-0.05, 0) is 55.0 Å². The topological polar surface area (TPSA) is 77.0 Å². The number of aryl methyl sites for hydroxylation is 1. The zero-order chi connectivity index (χ0) is 18.6. The lowest BCUT2D eigenvalue weighted by Gasteiger charge is -2.10. The number of pyridine rings is 2. The molecule has 1 aromatic carbocycles. The first-order chi connectivity index (χ1) is 13.2. The quantitative estimate of drug-likeness (QED) is 0.568. The Kier molecular flexibility index (Phi) is 4.76. The number of fused-ring (bicyclic) bond motifs is 1. The predicted molar refractivity (Wildman–Crippen MR) is 106 cm³/mol. The Morgan fingerprint density at radius 3 is 2.85 bits per heavy atom. The van der Waals surface area contributed by atoms with Gasteiger partial charge in [0.05, 0.1) is 6.20 Å². The molecule has 134 valence electrons. The summed E-state index contributed by atoms with van der Waals surface area (Å²) in [5, 5.41) is 3.78. The average molecular weight is 376 g/mol. The lowest BCUT2D eigenvalue weighted by atomic mass is 10.1. The number of carbonyl (C=O) groups is 1. The van der Waals surface area contributed by atoms with Crippen LogP contribution in [0.1, 0.15) is 5.56 Å². The highest BCUT2D eigenvalue weighted by Crippen LogP contribution is 2.30. The van der Waals surface area contributed by atoms with E-state index in [4.69, 9.17) is 4.74 Å². The molecule has 0 unspecified atom stereocenters. The summed E-state index contributed by atoms with van der Waals surface area (Å²) in [5.74, 6) is 0.336. The van der Waals surface area contributed by atoms with Crippen molar-refractivity contribution in [1.29, 1.82) is 0 Å². The van der Waals surface area contributed by atoms with E-state index < -0.39 is 0 Å². The van der Waals surface area contributed by atoms with Crippen molar-refractivity contribution in [2.75, 3.05) is 11.9 Å². The van der Waals surface area contributed by atoms with E-state index >= 15 is 0 Å². The van der Waals surface area contributed by atoms with Crippen molar-refractivity contribution in [1.82, 2.24) is 15.0 Å². The molecule has 0 aliphatic heterocycles. The van der Waals surface area contributed by atoms with Crippen molar-refractivity contribution in [2.24, 2.45) is 0 Å². The van der Waals surface area contributed by atoms with Crippen molar-refractivity contribution in [2.45, 2.75) is 6.92 Å². The van der Waals surface area contributed by atoms with Crippen LogP contribution in [0.15, 0.2) is 61.1 Å². The Morgan fingerprint density at radius 1 is 1.19 bits per heavy atom. The summed E-state index contributed by atoms with van der Waals surface area (Å²) in [7, 11) is 0. The molecule has 1 amide bonds. The van der Waals surface area contributed by atoms with E-state index in [1.54, 1.807) is 42.1 Å². The molecule has 0 aliphatic carbocycles. The van der Waals surface area contributed by atoms with Gasteiger partial charge >= 0.3 is 0 Å². The van der Waals surface area contributed by atoms with Crippen LogP contribution in [0.5, 0.6) is 5.75 Å². The molecular formula is C20H16N4O2S. The summed E-state index contributed by atoms with van der Waals surface area (Å²) in [4.78, 5) is 25.9. The van der Waals surface area contributed by atoms with Crippen molar-refractivity contribution in [3.05, 3.63) is 66.6 Å². The molecule has 7 heteroatoms. The van der Waals surface area contributed by atoms with Gasteiger partial charge in [-0.15, -0.1) is 0 Å². The van der Waals surface area contributed by atoms with Crippen LogP contribution >= 0.6 is 11.3 Å². The molecule has 0 radical (unpaired) electrons. The lowest BCUT2D eigenvalue weighted by molar-refractivity contribution is -0.118. The minimum absolute atomic E-state index is 0.0730. The minimum Gasteiger partial charge on any atom is -0.482 e. The largest absolute Gasteiger partial charge is 0.482 e. The van der Waals surface area contributed by atoms with Crippen molar-refractivity contribution in [3.8, 4) is 16.3 Å². The maximum Gasteiger partial charge on any atom is 0.262 e. The third-order valence-electron chi connectivity index (χ3n) is 3.92. The number of thiazole rings is 1. The SMILES string of the molecule is Cc1cc(-c2nc3cccnc3s2)ccc1NC(=O)COc1cccnc1. The fraction of sp³-hybridized carbons (Fsp3) is 0.100. The molecule has 0 saturated heterocycles. The summed E-state index contributed by atoms with van der Waals surface area (Å²) in [5.41, 5.74) is 3.59. The summed E-state index contributed by atoms with van der Waals surface area (Å²) in [6.07, 6.45) is 4.99. The second-order valence-electron chi connectivity index (χ2n) is 5.90. The maximum atomic E-state index is 12.1. The molecule has 3 heterocycles. The summed E-state index contributed by atoms with van der Waals surface area (Å²) in [6.45, 7) is 1.88. The van der Waals surface area contributed by atoms with Crippen molar-refractivity contribution in [3.63, 3.8) is 0 Å². The van der Waals surface area contributed by atoms with Gasteiger partial charge in [0.2, 0.25) is 0 Å². The third-order valence-corrected chi connectivity index (χ3v) is 4.95. The molecule has 0 atom stereocenters. The van der Waals surface area contributed by atoms with Crippen LogP contribution in [-0.2, 0) is 4.79 Å². The fourth-order valence-electron chi connectivity index (χ4n) is 2.60. The Bertz CT molecular complexity index is 1060. The highest BCUT2D eigenvalue weighted by molar-refractivity contribution is 7.21. The first-order valence-electron chi connectivity index (χ1n) is 8.34. The van der Waals surface area contributed by atoms with Gasteiger partial charge in [-0.3, -0.25) is 9.78 Å². The molecule has 6 nitrogen and oxygen atoms in total. The van der Waals surface area contributed by atoms with E-state index in [0.717, 1.165) is 32.2 Å². The van der Waals surface area contributed by atoms with E-state index in [1.807, 2.05) is 37.3 Å². The number of ether oxygens (including phenoxy) is 1. The number of nitrogens with zero attached hydrogens (tertiary/aromatic N) is 3. The fourth-order valence-corrected chi connectivity index (χ4v) is 3.50. The molecule has 0 bridgehead atoms. The number of hydrogen-bond donors (Lipinski definition) is 1. The van der Waals surface area contributed by atoms with Gasteiger partial charge in [0.25, 0.3) is 5.91 Å². The number of carbonyl (C=O) groups excluding carboxylic acids is 1. The number of benzene rings is 1. The molecule has 0 saturated carbocycles. The number of anilines is 1. The Hall–Kier alpha value is -3.32. The molecular weight excluding hydrogens is 360 g/mol. The predicted octanol–water partition coefficient (Wildman–Crippen LogP) is 4.08. The van der Waals surface area contributed by atoms with Crippen molar-refractivity contribution >= 4 is 33.3 Å². The van der Waals surface area contributed by atoms with Crippen LogP contribution in [0.4, 0.5) is 5.69 Å². The van der Waals surface area contributed by atoms with Gasteiger partial charge in [0, 0.05) is 23.6 Å². The number of hydrogen-bond acceptors (Lipinski definition) is 6. The van der Waals surface area contributed by atoms with Gasteiger partial charge < -0.3 is 10.1 Å². The zero-order valence-corrected chi connectivity index (χ0v) is 15.4. The molecule has 1 N–H and O–H groups in total. The second-order valence-corrected chi connectivity index (χ2v) is 6.88. The highest BCUT2D eigenvalue weighted by atomic mass is 32.1. The van der Waals surface area contributed by atoms with E-state index in [1.165, 1.54) is 0 Å². The van der Waals surface area contributed by atoms with Gasteiger partial charge in [-0.1, -0.05) is 11.3 Å². The molecule has 0 fully saturated rings. The molecule has 27 heavy (non-hydrogen) atoms. The second kappa shape index (κ2) is 7.51. The standard InChI is InChI=1S/C20H16N4O2S/c1-13-10-14(19-24-17-5-3-9-22-20(17)27-19)6-7-16(13)23-18(25)12-26-15-4-2-8-21-11-15/h2-11H,12H2,1H3,(H,23,25). The molecule has 4 aromatic rings. The van der Waals surface area contributed by atoms with Gasteiger partial charge in [0.15, 0.2) is 6.61 Å². The first kappa shape index (κ1) is 17.1. The zero-order valence-electron chi connectivity index (χ0n) is 14.5. The first-order valence-corrected chi connectivity index (χ1v) is 9.16. The van der Waals surface area contributed by atoms with Gasteiger partial charge in [-0.2, -0.15) is 0 Å². The van der Waals surface area contributed by atoms with E-state index in [0.29, 0.717) is 5.75 Å². The molecule has 4 rings (SSSR count). The van der Waals surface area contributed by atoms with Crippen molar-refractivity contribution < 1.29 is 9.53 Å².